The molecule has 1 atom stereocenters. The summed E-state index contributed by atoms with van der Waals surface area (Å²) in [6.07, 6.45) is 4.65. The Balaban J connectivity index is 2.56. The van der Waals surface area contributed by atoms with Gasteiger partial charge < -0.3 is 9.69 Å². The summed E-state index contributed by atoms with van der Waals surface area (Å²) in [4.78, 5) is 0. The Hall–Kier alpha value is -0.570. The summed E-state index contributed by atoms with van der Waals surface area (Å²) in [5.74, 6) is 0.499. The van der Waals surface area contributed by atoms with Crippen molar-refractivity contribution < 1.29 is 9.69 Å². The van der Waals surface area contributed by atoms with Gasteiger partial charge in [-0.05, 0) is 19.3 Å². The lowest BCUT2D eigenvalue weighted by molar-refractivity contribution is -0.872. The molecule has 0 heterocycles. The molecule has 0 aromatic carbocycles. The minimum Gasteiger partial charge on any atom is -0.411 e. The molecule has 13 heavy (non-hydrogen) atoms. The predicted octanol–water partition coefficient (Wildman–Crippen LogP) is 1.71. The molecule has 1 aliphatic carbocycles. The van der Waals surface area contributed by atoms with Crippen LogP contribution in [0.2, 0.25) is 0 Å². The topological polar surface area (TPSA) is 32.6 Å². The van der Waals surface area contributed by atoms with Crippen LogP contribution in [0.15, 0.2) is 5.16 Å². The van der Waals surface area contributed by atoms with Gasteiger partial charge in [-0.1, -0.05) is 11.6 Å². The summed E-state index contributed by atoms with van der Waals surface area (Å²) in [6.45, 7) is 1.08. The molecule has 1 N–H and O–H groups in total. The van der Waals surface area contributed by atoms with E-state index >= 15 is 0 Å². The summed E-state index contributed by atoms with van der Waals surface area (Å²) in [7, 11) is 6.55. The van der Waals surface area contributed by atoms with Gasteiger partial charge in [-0.3, -0.25) is 0 Å². The molecular formula is C10H21N2O+. The molecule has 3 heteroatoms. The van der Waals surface area contributed by atoms with E-state index in [2.05, 4.69) is 26.3 Å². The van der Waals surface area contributed by atoms with Crippen molar-refractivity contribution in [3.63, 3.8) is 0 Å². The normalized spacial score (nSPS) is 27.9. The summed E-state index contributed by atoms with van der Waals surface area (Å²) in [5, 5.41) is 12.3. The van der Waals surface area contributed by atoms with Crippen LogP contribution in [-0.4, -0.2) is 43.1 Å². The Bertz CT molecular complexity index is 194. The standard InChI is InChI=1S/C10H20N2O/c1-12(2,3)8-9-6-4-5-7-10(9)11-13/h9H,4-8H2,1-3H3/p+1/b11-10-. The molecule has 0 bridgehead atoms. The van der Waals surface area contributed by atoms with E-state index in [4.69, 9.17) is 5.21 Å². The average molecular weight is 185 g/mol. The number of rotatable bonds is 2. The third kappa shape index (κ3) is 3.35. The van der Waals surface area contributed by atoms with E-state index in [-0.39, 0.29) is 0 Å². The predicted molar refractivity (Wildman–Crippen MR) is 54.1 cm³/mol. The van der Waals surface area contributed by atoms with Crippen LogP contribution in [0.5, 0.6) is 0 Å². The highest BCUT2D eigenvalue weighted by Crippen LogP contribution is 2.23. The van der Waals surface area contributed by atoms with Gasteiger partial charge in [0.15, 0.2) is 0 Å². The molecule has 1 saturated carbocycles. The second-order valence-electron chi connectivity index (χ2n) is 5.01. The van der Waals surface area contributed by atoms with E-state index in [1.807, 2.05) is 0 Å². The zero-order chi connectivity index (χ0) is 9.90. The van der Waals surface area contributed by atoms with Gasteiger partial charge >= 0.3 is 0 Å². The molecule has 0 radical (unpaired) electrons. The third-order valence-electron chi connectivity index (χ3n) is 2.60. The van der Waals surface area contributed by atoms with Crippen molar-refractivity contribution in [3.8, 4) is 0 Å². The first-order valence-corrected chi connectivity index (χ1v) is 5.04. The maximum atomic E-state index is 8.84. The monoisotopic (exact) mass is 185 g/mol. The Morgan fingerprint density at radius 2 is 2.08 bits per heavy atom. The zero-order valence-electron chi connectivity index (χ0n) is 8.95. The highest BCUT2D eigenvalue weighted by molar-refractivity contribution is 5.86. The molecule has 1 rings (SSSR count). The minimum atomic E-state index is 0.499. The van der Waals surface area contributed by atoms with E-state index in [1.165, 1.54) is 19.3 Å². The number of hydrogen-bond acceptors (Lipinski definition) is 2. The lowest BCUT2D eigenvalue weighted by Gasteiger charge is -2.31. The summed E-state index contributed by atoms with van der Waals surface area (Å²) < 4.78 is 0.948. The van der Waals surface area contributed by atoms with Crippen molar-refractivity contribution in [1.82, 2.24) is 0 Å². The van der Waals surface area contributed by atoms with Crippen LogP contribution in [0.25, 0.3) is 0 Å². The second-order valence-corrected chi connectivity index (χ2v) is 5.01. The fraction of sp³-hybridized carbons (Fsp3) is 0.900. The van der Waals surface area contributed by atoms with Crippen LogP contribution in [0.3, 0.4) is 0 Å². The fourth-order valence-corrected chi connectivity index (χ4v) is 2.06. The van der Waals surface area contributed by atoms with Gasteiger partial charge in [-0.2, -0.15) is 0 Å². The van der Waals surface area contributed by atoms with E-state index in [0.29, 0.717) is 5.92 Å². The van der Waals surface area contributed by atoms with Gasteiger partial charge in [0.1, 0.15) is 0 Å². The molecule has 0 amide bonds. The van der Waals surface area contributed by atoms with Crippen molar-refractivity contribution in [1.29, 1.82) is 0 Å². The summed E-state index contributed by atoms with van der Waals surface area (Å²) in [6, 6.07) is 0. The van der Waals surface area contributed by atoms with Crippen molar-refractivity contribution >= 4 is 5.71 Å². The number of hydrogen-bond donors (Lipinski definition) is 1. The average Bonchev–Trinajstić information content (AvgIpc) is 2.02. The smallest absolute Gasteiger partial charge is 0.0863 e. The van der Waals surface area contributed by atoms with Crippen LogP contribution in [0, 0.1) is 5.92 Å². The summed E-state index contributed by atoms with van der Waals surface area (Å²) >= 11 is 0. The number of nitrogens with zero attached hydrogens (tertiary/aromatic N) is 2. The molecule has 76 valence electrons. The maximum Gasteiger partial charge on any atom is 0.0863 e. The van der Waals surface area contributed by atoms with Gasteiger partial charge in [-0.15, -0.1) is 0 Å². The molecular weight excluding hydrogens is 164 g/mol. The number of oxime groups is 1. The van der Waals surface area contributed by atoms with Crippen LogP contribution >= 0.6 is 0 Å². The second kappa shape index (κ2) is 4.09. The molecule has 0 spiro atoms. The first kappa shape index (κ1) is 10.5. The highest BCUT2D eigenvalue weighted by atomic mass is 16.4. The van der Waals surface area contributed by atoms with Crippen LogP contribution in [0.1, 0.15) is 25.7 Å². The van der Waals surface area contributed by atoms with Crippen molar-refractivity contribution in [3.05, 3.63) is 0 Å². The lowest BCUT2D eigenvalue weighted by Crippen LogP contribution is -2.42. The van der Waals surface area contributed by atoms with Crippen molar-refractivity contribution in [2.75, 3.05) is 27.7 Å². The SMILES string of the molecule is C[N+](C)(C)CC1CCCC/C1=N/O. The van der Waals surface area contributed by atoms with Gasteiger partial charge in [-0.25, -0.2) is 0 Å². The van der Waals surface area contributed by atoms with Crippen LogP contribution in [-0.2, 0) is 0 Å². The lowest BCUT2D eigenvalue weighted by atomic mass is 9.86. The Morgan fingerprint density at radius 3 is 2.62 bits per heavy atom. The first-order chi connectivity index (χ1) is 6.03. The van der Waals surface area contributed by atoms with Gasteiger partial charge in [0, 0.05) is 5.92 Å². The van der Waals surface area contributed by atoms with Crippen molar-refractivity contribution in [2.45, 2.75) is 25.7 Å². The number of quaternary nitrogens is 1. The molecule has 1 aliphatic rings. The molecule has 3 nitrogen and oxygen atoms in total. The van der Waals surface area contributed by atoms with E-state index in [9.17, 15) is 0 Å². The quantitative estimate of drug-likeness (QED) is 0.396. The van der Waals surface area contributed by atoms with Crippen LogP contribution in [0.4, 0.5) is 0 Å². The maximum absolute atomic E-state index is 8.84. The molecule has 0 saturated heterocycles. The largest absolute Gasteiger partial charge is 0.411 e. The molecule has 1 unspecified atom stereocenters. The summed E-state index contributed by atoms with van der Waals surface area (Å²) in [5.41, 5.74) is 1.01. The van der Waals surface area contributed by atoms with Gasteiger partial charge in [0.05, 0.1) is 33.4 Å². The Kier molecular flexibility index (Phi) is 3.31. The van der Waals surface area contributed by atoms with E-state index in [1.54, 1.807) is 0 Å². The molecule has 0 aromatic heterocycles. The zero-order valence-corrected chi connectivity index (χ0v) is 8.95. The minimum absolute atomic E-state index is 0.499. The first-order valence-electron chi connectivity index (χ1n) is 5.04. The van der Waals surface area contributed by atoms with E-state index in [0.717, 1.165) is 23.2 Å². The molecule has 0 aliphatic heterocycles. The van der Waals surface area contributed by atoms with Gasteiger partial charge in [0.25, 0.3) is 0 Å². The fourth-order valence-electron chi connectivity index (χ4n) is 2.06. The Labute approximate surface area is 80.6 Å². The van der Waals surface area contributed by atoms with Crippen molar-refractivity contribution in [2.24, 2.45) is 11.1 Å². The highest BCUT2D eigenvalue weighted by Gasteiger charge is 2.26. The Morgan fingerprint density at radius 1 is 1.38 bits per heavy atom. The third-order valence-corrected chi connectivity index (χ3v) is 2.60. The molecule has 1 fully saturated rings. The van der Waals surface area contributed by atoms with Crippen LogP contribution < -0.4 is 0 Å². The molecule has 0 aromatic rings. The van der Waals surface area contributed by atoms with Gasteiger partial charge in [0.2, 0.25) is 0 Å². The van der Waals surface area contributed by atoms with E-state index < -0.39 is 0 Å².